The minimum atomic E-state index is -3.17. The Balaban J connectivity index is 1.77. The number of nitrogens with zero attached hydrogens (tertiary/aromatic N) is 2. The van der Waals surface area contributed by atoms with Crippen molar-refractivity contribution in [2.45, 2.75) is 18.1 Å². The molecule has 0 saturated carbocycles. The van der Waals surface area contributed by atoms with Crippen LogP contribution in [0.1, 0.15) is 22.5 Å². The van der Waals surface area contributed by atoms with E-state index in [1.54, 1.807) is 24.3 Å². The summed E-state index contributed by atoms with van der Waals surface area (Å²) in [5.41, 5.74) is 1.34. The zero-order chi connectivity index (χ0) is 16.0. The van der Waals surface area contributed by atoms with Crippen molar-refractivity contribution in [2.24, 2.45) is 5.92 Å². The van der Waals surface area contributed by atoms with Gasteiger partial charge < -0.3 is 9.64 Å². The molecule has 2 saturated heterocycles. The monoisotopic (exact) mass is 324 g/mol. The highest BCUT2D eigenvalue weighted by Gasteiger charge is 2.62. The number of aryl methyl sites for hydroxylation is 1. The molecule has 0 aliphatic carbocycles. The van der Waals surface area contributed by atoms with Crippen molar-refractivity contribution in [1.29, 1.82) is 0 Å². The van der Waals surface area contributed by atoms with E-state index in [2.05, 4.69) is 4.98 Å². The SMILES string of the molecule is COC[C@@H]1CCS(=O)(=O)C12CN(C(=O)c1ccc(C)cn1)C2. The lowest BCUT2D eigenvalue weighted by Crippen LogP contribution is -2.68. The van der Waals surface area contributed by atoms with E-state index in [9.17, 15) is 13.2 Å². The van der Waals surface area contributed by atoms with Crippen LogP contribution < -0.4 is 0 Å². The fraction of sp³-hybridized carbons (Fsp3) is 0.600. The highest BCUT2D eigenvalue weighted by Crippen LogP contribution is 2.45. The highest BCUT2D eigenvalue weighted by atomic mass is 32.2. The van der Waals surface area contributed by atoms with E-state index in [4.69, 9.17) is 4.74 Å². The molecule has 3 rings (SSSR count). The van der Waals surface area contributed by atoms with Crippen LogP contribution in [0.2, 0.25) is 0 Å². The van der Waals surface area contributed by atoms with Crippen LogP contribution in [0, 0.1) is 12.8 Å². The lowest BCUT2D eigenvalue weighted by atomic mass is 9.83. The van der Waals surface area contributed by atoms with Crippen LogP contribution in [0.3, 0.4) is 0 Å². The average Bonchev–Trinajstić information content (AvgIpc) is 2.69. The molecule has 6 nitrogen and oxygen atoms in total. The number of hydrogen-bond acceptors (Lipinski definition) is 5. The maximum absolute atomic E-state index is 12.4. The van der Waals surface area contributed by atoms with Gasteiger partial charge in [0.15, 0.2) is 9.84 Å². The van der Waals surface area contributed by atoms with E-state index >= 15 is 0 Å². The van der Waals surface area contributed by atoms with Gasteiger partial charge in [-0.1, -0.05) is 6.07 Å². The van der Waals surface area contributed by atoms with E-state index in [1.165, 1.54) is 0 Å². The molecule has 22 heavy (non-hydrogen) atoms. The number of aromatic nitrogens is 1. The van der Waals surface area contributed by atoms with Crippen LogP contribution in [0.15, 0.2) is 18.3 Å². The molecule has 1 aromatic heterocycles. The number of hydrogen-bond donors (Lipinski definition) is 0. The van der Waals surface area contributed by atoms with Crippen molar-refractivity contribution in [3.63, 3.8) is 0 Å². The summed E-state index contributed by atoms with van der Waals surface area (Å²) in [6, 6.07) is 3.51. The Morgan fingerprint density at radius 1 is 1.45 bits per heavy atom. The first-order chi connectivity index (χ1) is 10.4. The Hall–Kier alpha value is -1.47. The van der Waals surface area contributed by atoms with E-state index < -0.39 is 14.6 Å². The summed E-state index contributed by atoms with van der Waals surface area (Å²) in [5, 5.41) is 0. The van der Waals surface area contributed by atoms with Crippen LogP contribution in [0.5, 0.6) is 0 Å². The third kappa shape index (κ3) is 2.23. The molecular formula is C15H20N2O4S. The van der Waals surface area contributed by atoms with Crippen molar-refractivity contribution >= 4 is 15.7 Å². The first kappa shape index (κ1) is 15.4. The standard InChI is InChI=1S/C15H20N2O4S/c1-11-3-4-13(16-7-11)14(18)17-9-15(10-17)12(8-21-2)5-6-22(15,19)20/h3-4,7,12H,5-6,8-10H2,1-2H3/t12-/m0/s1. The Morgan fingerprint density at radius 2 is 2.18 bits per heavy atom. The molecule has 0 N–H and O–H groups in total. The first-order valence-corrected chi connectivity index (χ1v) is 8.98. The lowest BCUT2D eigenvalue weighted by Gasteiger charge is -2.49. The summed E-state index contributed by atoms with van der Waals surface area (Å²) in [7, 11) is -1.59. The van der Waals surface area contributed by atoms with Crippen LogP contribution in [-0.2, 0) is 14.6 Å². The fourth-order valence-corrected chi connectivity index (χ4v) is 5.81. The highest BCUT2D eigenvalue weighted by molar-refractivity contribution is 7.93. The van der Waals surface area contributed by atoms with E-state index in [1.807, 2.05) is 13.0 Å². The van der Waals surface area contributed by atoms with E-state index in [-0.39, 0.29) is 30.7 Å². The van der Waals surface area contributed by atoms with Crippen LogP contribution >= 0.6 is 0 Å². The Bertz CT molecular complexity index is 678. The molecule has 120 valence electrons. The summed E-state index contributed by atoms with van der Waals surface area (Å²) < 4.78 is 29.1. The predicted octanol–water partition coefficient (Wildman–Crippen LogP) is 0.666. The first-order valence-electron chi connectivity index (χ1n) is 7.33. The Morgan fingerprint density at radius 3 is 2.77 bits per heavy atom. The molecule has 2 aliphatic rings. The average molecular weight is 324 g/mol. The van der Waals surface area contributed by atoms with Gasteiger partial charge in [0, 0.05) is 32.3 Å². The van der Waals surface area contributed by atoms with E-state index in [0.29, 0.717) is 18.7 Å². The molecule has 1 aromatic rings. The van der Waals surface area contributed by atoms with Crippen molar-refractivity contribution in [3.8, 4) is 0 Å². The second-order valence-electron chi connectivity index (χ2n) is 6.21. The number of methoxy groups -OCH3 is 1. The second kappa shape index (κ2) is 5.31. The summed E-state index contributed by atoms with van der Waals surface area (Å²) in [6.45, 7) is 2.82. The topological polar surface area (TPSA) is 76.6 Å². The molecule has 2 fully saturated rings. The van der Waals surface area contributed by atoms with Crippen molar-refractivity contribution in [3.05, 3.63) is 29.6 Å². The minimum Gasteiger partial charge on any atom is -0.384 e. The van der Waals surface area contributed by atoms with Crippen LogP contribution in [0.4, 0.5) is 0 Å². The molecule has 0 bridgehead atoms. The Labute approximate surface area is 130 Å². The molecular weight excluding hydrogens is 304 g/mol. The van der Waals surface area contributed by atoms with Crippen LogP contribution in [0.25, 0.3) is 0 Å². The number of carbonyl (C=O) groups excluding carboxylic acids is 1. The number of pyridine rings is 1. The normalized spacial score (nSPS) is 25.2. The largest absolute Gasteiger partial charge is 0.384 e. The zero-order valence-electron chi connectivity index (χ0n) is 12.8. The number of sulfone groups is 1. The van der Waals surface area contributed by atoms with Gasteiger partial charge in [0.05, 0.1) is 12.4 Å². The molecule has 1 spiro atoms. The van der Waals surface area contributed by atoms with Gasteiger partial charge in [0.1, 0.15) is 10.4 Å². The maximum Gasteiger partial charge on any atom is 0.272 e. The van der Waals surface area contributed by atoms with Gasteiger partial charge >= 0.3 is 0 Å². The number of rotatable bonds is 3. The number of amides is 1. The molecule has 1 amide bonds. The quantitative estimate of drug-likeness (QED) is 0.816. The lowest BCUT2D eigenvalue weighted by molar-refractivity contribution is 0.0332. The number of ether oxygens (including phenoxy) is 1. The van der Waals surface area contributed by atoms with Crippen molar-refractivity contribution < 1.29 is 17.9 Å². The summed E-state index contributed by atoms with van der Waals surface area (Å²) >= 11 is 0. The van der Waals surface area contributed by atoms with Gasteiger partial charge in [-0.15, -0.1) is 0 Å². The van der Waals surface area contributed by atoms with Gasteiger partial charge in [-0.3, -0.25) is 9.78 Å². The third-order valence-electron chi connectivity index (χ3n) is 4.80. The molecule has 3 heterocycles. The van der Waals surface area contributed by atoms with Gasteiger partial charge in [0.25, 0.3) is 5.91 Å². The maximum atomic E-state index is 12.4. The zero-order valence-corrected chi connectivity index (χ0v) is 13.6. The number of carbonyl (C=O) groups is 1. The molecule has 1 atom stereocenters. The molecule has 0 unspecified atom stereocenters. The smallest absolute Gasteiger partial charge is 0.272 e. The van der Waals surface area contributed by atoms with Gasteiger partial charge in [-0.25, -0.2) is 8.42 Å². The summed E-state index contributed by atoms with van der Waals surface area (Å²) in [5.74, 6) is -0.0484. The Kier molecular flexibility index (Phi) is 3.72. The summed E-state index contributed by atoms with van der Waals surface area (Å²) in [4.78, 5) is 18.1. The van der Waals surface area contributed by atoms with Gasteiger partial charge in [-0.2, -0.15) is 0 Å². The van der Waals surface area contributed by atoms with Crippen molar-refractivity contribution in [2.75, 3.05) is 32.6 Å². The fourth-order valence-electron chi connectivity index (χ4n) is 3.41. The molecule has 7 heteroatoms. The number of likely N-dealkylation sites (tertiary alicyclic amines) is 1. The molecule has 0 radical (unpaired) electrons. The molecule has 2 aliphatic heterocycles. The van der Waals surface area contributed by atoms with Gasteiger partial charge in [0.2, 0.25) is 0 Å². The predicted molar refractivity (Wildman–Crippen MR) is 81.4 cm³/mol. The minimum absolute atomic E-state index is 0.0301. The third-order valence-corrected chi connectivity index (χ3v) is 7.40. The summed E-state index contributed by atoms with van der Waals surface area (Å²) in [6.07, 6.45) is 2.25. The molecule has 0 aromatic carbocycles. The van der Waals surface area contributed by atoms with Gasteiger partial charge in [-0.05, 0) is 25.0 Å². The van der Waals surface area contributed by atoms with E-state index in [0.717, 1.165) is 5.56 Å². The van der Waals surface area contributed by atoms with Crippen molar-refractivity contribution in [1.82, 2.24) is 9.88 Å². The van der Waals surface area contributed by atoms with Crippen LogP contribution in [-0.4, -0.2) is 61.5 Å². The second-order valence-corrected chi connectivity index (χ2v) is 8.66.